The minimum Gasteiger partial charge on any atom is -0.368 e. The SMILES string of the molecule is CCCNC(C)(CSc1ccc(Cl)cn1)C(N)=O. The van der Waals surface area contributed by atoms with Crippen molar-refractivity contribution in [2.75, 3.05) is 12.3 Å². The highest BCUT2D eigenvalue weighted by molar-refractivity contribution is 7.99. The molecule has 0 aliphatic rings. The van der Waals surface area contributed by atoms with Crippen LogP contribution < -0.4 is 11.1 Å². The quantitative estimate of drug-likeness (QED) is 0.754. The third-order valence-electron chi connectivity index (χ3n) is 2.52. The van der Waals surface area contributed by atoms with E-state index in [0.717, 1.165) is 18.0 Å². The van der Waals surface area contributed by atoms with Gasteiger partial charge in [-0.1, -0.05) is 18.5 Å². The van der Waals surface area contributed by atoms with E-state index in [1.165, 1.54) is 11.8 Å². The monoisotopic (exact) mass is 287 g/mol. The Morgan fingerprint density at radius 1 is 1.61 bits per heavy atom. The number of hydrogen-bond acceptors (Lipinski definition) is 4. The van der Waals surface area contributed by atoms with Gasteiger partial charge >= 0.3 is 0 Å². The lowest BCUT2D eigenvalue weighted by molar-refractivity contribution is -0.122. The van der Waals surface area contributed by atoms with Crippen LogP contribution in [0.4, 0.5) is 0 Å². The lowest BCUT2D eigenvalue weighted by Crippen LogP contribution is -2.55. The number of carbonyl (C=O) groups is 1. The molecule has 1 amide bonds. The maximum absolute atomic E-state index is 11.5. The van der Waals surface area contributed by atoms with E-state index in [9.17, 15) is 4.79 Å². The van der Waals surface area contributed by atoms with Crippen LogP contribution in [0.2, 0.25) is 5.02 Å². The molecule has 1 aromatic heterocycles. The van der Waals surface area contributed by atoms with Gasteiger partial charge in [0.2, 0.25) is 5.91 Å². The van der Waals surface area contributed by atoms with E-state index in [0.29, 0.717) is 10.8 Å². The van der Waals surface area contributed by atoms with Gasteiger partial charge < -0.3 is 11.1 Å². The first-order chi connectivity index (χ1) is 8.48. The number of halogens is 1. The molecule has 0 bridgehead atoms. The van der Waals surface area contributed by atoms with Gasteiger partial charge in [-0.15, -0.1) is 11.8 Å². The third-order valence-corrected chi connectivity index (χ3v) is 4.00. The molecule has 0 saturated carbocycles. The van der Waals surface area contributed by atoms with Gasteiger partial charge in [0.1, 0.15) is 5.54 Å². The number of aromatic nitrogens is 1. The number of pyridine rings is 1. The Morgan fingerprint density at radius 3 is 2.83 bits per heavy atom. The highest BCUT2D eigenvalue weighted by Crippen LogP contribution is 2.22. The fourth-order valence-electron chi connectivity index (χ4n) is 1.28. The second kappa shape index (κ2) is 6.97. The smallest absolute Gasteiger partial charge is 0.238 e. The van der Waals surface area contributed by atoms with Gasteiger partial charge in [-0.25, -0.2) is 4.98 Å². The first kappa shape index (κ1) is 15.3. The summed E-state index contributed by atoms with van der Waals surface area (Å²) in [5, 5.41) is 4.60. The Morgan fingerprint density at radius 2 is 2.33 bits per heavy atom. The summed E-state index contributed by atoms with van der Waals surface area (Å²) in [5.41, 5.74) is 4.72. The van der Waals surface area contributed by atoms with Crippen molar-refractivity contribution in [3.8, 4) is 0 Å². The highest BCUT2D eigenvalue weighted by atomic mass is 35.5. The number of hydrogen-bond donors (Lipinski definition) is 2. The fourth-order valence-corrected chi connectivity index (χ4v) is 2.36. The van der Waals surface area contributed by atoms with Crippen molar-refractivity contribution in [2.45, 2.75) is 30.8 Å². The van der Waals surface area contributed by atoms with E-state index in [1.807, 2.05) is 19.9 Å². The molecule has 1 atom stereocenters. The molecule has 0 radical (unpaired) electrons. The van der Waals surface area contributed by atoms with Crippen molar-refractivity contribution in [3.63, 3.8) is 0 Å². The Labute approximate surface area is 117 Å². The standard InChI is InChI=1S/C12H18ClN3OS/c1-3-6-16-12(2,11(14)17)8-18-10-5-4-9(13)7-15-10/h4-5,7,16H,3,6,8H2,1-2H3,(H2,14,17). The second-order valence-electron chi connectivity index (χ2n) is 4.23. The predicted molar refractivity (Wildman–Crippen MR) is 75.9 cm³/mol. The number of primary amides is 1. The molecule has 1 aromatic rings. The minimum atomic E-state index is -0.720. The lowest BCUT2D eigenvalue weighted by atomic mass is 10.1. The van der Waals surface area contributed by atoms with Gasteiger partial charge in [0.15, 0.2) is 0 Å². The summed E-state index contributed by atoms with van der Waals surface area (Å²) >= 11 is 7.24. The molecule has 0 saturated heterocycles. The van der Waals surface area contributed by atoms with Crippen molar-refractivity contribution in [3.05, 3.63) is 23.4 Å². The van der Waals surface area contributed by atoms with Crippen LogP contribution in [-0.2, 0) is 4.79 Å². The van der Waals surface area contributed by atoms with Gasteiger partial charge in [-0.05, 0) is 32.0 Å². The molecular weight excluding hydrogens is 270 g/mol. The first-order valence-electron chi connectivity index (χ1n) is 5.77. The van der Waals surface area contributed by atoms with Crippen molar-refractivity contribution in [1.29, 1.82) is 0 Å². The van der Waals surface area contributed by atoms with E-state index < -0.39 is 5.54 Å². The van der Waals surface area contributed by atoms with Gasteiger partial charge in [0, 0.05) is 11.9 Å². The van der Waals surface area contributed by atoms with E-state index >= 15 is 0 Å². The van der Waals surface area contributed by atoms with Gasteiger partial charge in [0.25, 0.3) is 0 Å². The van der Waals surface area contributed by atoms with Crippen molar-refractivity contribution < 1.29 is 4.79 Å². The van der Waals surface area contributed by atoms with Crippen LogP contribution in [0, 0.1) is 0 Å². The van der Waals surface area contributed by atoms with E-state index in [2.05, 4.69) is 10.3 Å². The van der Waals surface area contributed by atoms with Crippen LogP contribution in [0.5, 0.6) is 0 Å². The maximum Gasteiger partial charge on any atom is 0.238 e. The number of nitrogens with two attached hydrogens (primary N) is 1. The molecule has 0 aromatic carbocycles. The largest absolute Gasteiger partial charge is 0.368 e. The topological polar surface area (TPSA) is 68.0 Å². The summed E-state index contributed by atoms with van der Waals surface area (Å²) < 4.78 is 0. The van der Waals surface area contributed by atoms with E-state index in [1.54, 1.807) is 12.3 Å². The molecule has 3 N–H and O–H groups in total. The number of thioether (sulfide) groups is 1. The predicted octanol–water partition coefficient (Wildman–Crippen LogP) is 2.07. The molecule has 1 unspecified atom stereocenters. The Hall–Kier alpha value is -0.780. The summed E-state index contributed by atoms with van der Waals surface area (Å²) in [6.07, 6.45) is 2.54. The number of carbonyl (C=O) groups excluding carboxylic acids is 1. The first-order valence-corrected chi connectivity index (χ1v) is 7.13. The van der Waals surface area contributed by atoms with E-state index in [-0.39, 0.29) is 5.91 Å². The van der Waals surface area contributed by atoms with Crippen LogP contribution >= 0.6 is 23.4 Å². The van der Waals surface area contributed by atoms with Crippen molar-refractivity contribution in [2.24, 2.45) is 5.73 Å². The number of amides is 1. The minimum absolute atomic E-state index is 0.350. The lowest BCUT2D eigenvalue weighted by Gasteiger charge is -2.26. The molecule has 0 spiro atoms. The molecule has 100 valence electrons. The van der Waals surface area contributed by atoms with Crippen LogP contribution in [-0.4, -0.2) is 28.7 Å². The zero-order valence-electron chi connectivity index (χ0n) is 10.6. The van der Waals surface area contributed by atoms with Crippen LogP contribution in [0.1, 0.15) is 20.3 Å². The molecule has 1 rings (SSSR count). The number of rotatable bonds is 7. The number of nitrogens with one attached hydrogen (secondary N) is 1. The average molecular weight is 288 g/mol. The summed E-state index contributed by atoms with van der Waals surface area (Å²) in [5.74, 6) is 0.189. The Bertz CT molecular complexity index is 399. The van der Waals surface area contributed by atoms with Crippen molar-refractivity contribution >= 4 is 29.3 Å². The highest BCUT2D eigenvalue weighted by Gasteiger charge is 2.30. The molecule has 0 aliphatic carbocycles. The average Bonchev–Trinajstić information content (AvgIpc) is 2.35. The summed E-state index contributed by atoms with van der Waals surface area (Å²) in [6, 6.07) is 3.60. The molecule has 0 aliphatic heterocycles. The zero-order chi connectivity index (χ0) is 13.6. The summed E-state index contributed by atoms with van der Waals surface area (Å²) in [4.78, 5) is 15.7. The molecule has 18 heavy (non-hydrogen) atoms. The van der Waals surface area contributed by atoms with Crippen LogP contribution in [0.25, 0.3) is 0 Å². The Balaban J connectivity index is 2.62. The van der Waals surface area contributed by atoms with E-state index in [4.69, 9.17) is 17.3 Å². The molecular formula is C12H18ClN3OS. The Kier molecular flexibility index (Phi) is 5.91. The molecule has 0 fully saturated rings. The fraction of sp³-hybridized carbons (Fsp3) is 0.500. The van der Waals surface area contributed by atoms with Crippen LogP contribution in [0.15, 0.2) is 23.4 Å². The number of nitrogens with zero attached hydrogens (tertiary/aromatic N) is 1. The molecule has 1 heterocycles. The zero-order valence-corrected chi connectivity index (χ0v) is 12.1. The maximum atomic E-state index is 11.5. The summed E-state index contributed by atoms with van der Waals surface area (Å²) in [6.45, 7) is 4.62. The second-order valence-corrected chi connectivity index (χ2v) is 5.66. The van der Waals surface area contributed by atoms with Gasteiger partial charge in [0.05, 0.1) is 10.0 Å². The molecule has 4 nitrogen and oxygen atoms in total. The van der Waals surface area contributed by atoms with Gasteiger partial charge in [-0.2, -0.15) is 0 Å². The third kappa shape index (κ3) is 4.48. The van der Waals surface area contributed by atoms with Crippen LogP contribution in [0.3, 0.4) is 0 Å². The van der Waals surface area contributed by atoms with Crippen molar-refractivity contribution in [1.82, 2.24) is 10.3 Å². The normalized spacial score (nSPS) is 14.2. The molecule has 6 heteroatoms. The van der Waals surface area contributed by atoms with Gasteiger partial charge in [-0.3, -0.25) is 4.79 Å². The summed E-state index contributed by atoms with van der Waals surface area (Å²) in [7, 11) is 0.